The van der Waals surface area contributed by atoms with Gasteiger partial charge in [0.2, 0.25) is 0 Å². The second-order valence-electron chi connectivity index (χ2n) is 8.61. The summed E-state index contributed by atoms with van der Waals surface area (Å²) < 4.78 is 5.17. The summed E-state index contributed by atoms with van der Waals surface area (Å²) in [6.45, 7) is 8.46. The molecule has 0 saturated carbocycles. The third-order valence-corrected chi connectivity index (χ3v) is 6.85. The van der Waals surface area contributed by atoms with Gasteiger partial charge in [0.25, 0.3) is 5.91 Å². The summed E-state index contributed by atoms with van der Waals surface area (Å²) >= 11 is 1.58. The molecular weight excluding hydrogens is 448 g/mol. The van der Waals surface area contributed by atoms with E-state index in [-0.39, 0.29) is 17.8 Å². The van der Waals surface area contributed by atoms with Crippen LogP contribution in [0.1, 0.15) is 61.6 Å². The maximum atomic E-state index is 13.2. The smallest absolute Gasteiger partial charge is 0.310 e. The molecule has 184 valence electrons. The van der Waals surface area contributed by atoms with Crippen LogP contribution in [0.25, 0.3) is 0 Å². The number of anilines is 1. The number of piperidine rings is 1. The molecule has 8 heteroatoms. The van der Waals surface area contributed by atoms with Gasteiger partial charge in [0, 0.05) is 49.8 Å². The number of benzene rings is 1. The third kappa shape index (κ3) is 6.95. The first-order valence-corrected chi connectivity index (χ1v) is 13.2. The van der Waals surface area contributed by atoms with Crippen molar-refractivity contribution in [2.45, 2.75) is 57.4 Å². The Morgan fingerprint density at radius 1 is 1.21 bits per heavy atom. The van der Waals surface area contributed by atoms with Crippen LogP contribution in [-0.2, 0) is 21.7 Å². The number of esters is 1. The Hall–Kier alpha value is -2.61. The van der Waals surface area contributed by atoms with Crippen molar-refractivity contribution in [3.63, 3.8) is 0 Å². The van der Waals surface area contributed by atoms with Crippen LogP contribution < -0.4 is 4.90 Å². The zero-order valence-electron chi connectivity index (χ0n) is 20.7. The maximum absolute atomic E-state index is 13.2. The highest BCUT2D eigenvalue weighted by atomic mass is 32.2. The predicted molar refractivity (Wildman–Crippen MR) is 136 cm³/mol. The van der Waals surface area contributed by atoms with Crippen molar-refractivity contribution in [1.82, 2.24) is 14.9 Å². The molecule has 1 aromatic carbocycles. The second-order valence-corrected chi connectivity index (χ2v) is 9.55. The van der Waals surface area contributed by atoms with E-state index < -0.39 is 0 Å². The molecule has 0 radical (unpaired) electrons. The number of nitrogens with zero attached hydrogens (tertiary/aromatic N) is 4. The number of ether oxygens (including phenoxy) is 1. The van der Waals surface area contributed by atoms with Gasteiger partial charge >= 0.3 is 5.97 Å². The summed E-state index contributed by atoms with van der Waals surface area (Å²) in [4.78, 5) is 38.7. The van der Waals surface area contributed by atoms with Gasteiger partial charge in [-0.25, -0.2) is 9.97 Å². The second kappa shape index (κ2) is 12.7. The van der Waals surface area contributed by atoms with E-state index >= 15 is 0 Å². The van der Waals surface area contributed by atoms with Crippen molar-refractivity contribution in [3.8, 4) is 0 Å². The number of aromatic nitrogens is 2. The van der Waals surface area contributed by atoms with Crippen LogP contribution in [0.15, 0.2) is 35.5 Å². The van der Waals surface area contributed by atoms with E-state index in [0.29, 0.717) is 31.0 Å². The quantitative estimate of drug-likeness (QED) is 0.277. The largest absolute Gasteiger partial charge is 0.466 e. The highest BCUT2D eigenvalue weighted by molar-refractivity contribution is 7.98. The van der Waals surface area contributed by atoms with Gasteiger partial charge in [-0.15, -0.1) is 0 Å². The highest BCUT2D eigenvalue weighted by Crippen LogP contribution is 2.25. The van der Waals surface area contributed by atoms with E-state index in [4.69, 9.17) is 9.72 Å². The number of thioether (sulfide) groups is 1. The molecule has 1 aliphatic heterocycles. The lowest BCUT2D eigenvalue weighted by molar-refractivity contribution is -0.149. The first-order chi connectivity index (χ1) is 16.4. The van der Waals surface area contributed by atoms with E-state index in [2.05, 4.69) is 36.8 Å². The van der Waals surface area contributed by atoms with Crippen LogP contribution in [0.5, 0.6) is 0 Å². The molecule has 0 unspecified atom stereocenters. The average molecular weight is 485 g/mol. The van der Waals surface area contributed by atoms with E-state index in [1.165, 1.54) is 0 Å². The average Bonchev–Trinajstić information content (AvgIpc) is 2.87. The van der Waals surface area contributed by atoms with Crippen LogP contribution in [-0.4, -0.2) is 60.0 Å². The highest BCUT2D eigenvalue weighted by Gasteiger charge is 2.29. The van der Waals surface area contributed by atoms with Gasteiger partial charge in [-0.05, 0) is 50.3 Å². The van der Waals surface area contributed by atoms with Gasteiger partial charge in [-0.2, -0.15) is 0 Å². The third-order valence-electron chi connectivity index (χ3n) is 5.93. The summed E-state index contributed by atoms with van der Waals surface area (Å²) in [7, 11) is 2.06. The first kappa shape index (κ1) is 26.0. The van der Waals surface area contributed by atoms with Gasteiger partial charge in [-0.1, -0.05) is 37.7 Å². The molecule has 2 heterocycles. The molecule has 7 nitrogen and oxygen atoms in total. The Balaban J connectivity index is 1.67. The molecule has 1 amide bonds. The minimum atomic E-state index is -0.237. The molecule has 1 saturated heterocycles. The van der Waals surface area contributed by atoms with Gasteiger partial charge < -0.3 is 14.5 Å². The molecule has 0 spiro atoms. The summed E-state index contributed by atoms with van der Waals surface area (Å²) in [5.74, 6) is 1.15. The van der Waals surface area contributed by atoms with Crippen molar-refractivity contribution >= 4 is 29.5 Å². The summed E-state index contributed by atoms with van der Waals surface area (Å²) in [5.41, 5.74) is 2.72. The first-order valence-electron chi connectivity index (χ1n) is 12.2. The van der Waals surface area contributed by atoms with Crippen molar-refractivity contribution in [3.05, 3.63) is 47.2 Å². The number of likely N-dealkylation sites (tertiary alicyclic amines) is 1. The normalized spacial score (nSPS) is 15.8. The molecule has 0 aliphatic carbocycles. The van der Waals surface area contributed by atoms with Crippen LogP contribution in [0, 0.1) is 5.92 Å². The minimum Gasteiger partial charge on any atom is -0.466 e. The number of hydrogen-bond acceptors (Lipinski definition) is 7. The Morgan fingerprint density at radius 2 is 2.03 bits per heavy atom. The zero-order chi connectivity index (χ0) is 24.5. The van der Waals surface area contributed by atoms with E-state index in [1.807, 2.05) is 24.3 Å². The number of amides is 1. The monoisotopic (exact) mass is 484 g/mol. The van der Waals surface area contributed by atoms with Crippen molar-refractivity contribution < 1.29 is 14.3 Å². The number of aryl methyl sites for hydroxylation is 1. The molecule has 3 rings (SSSR count). The molecule has 1 atom stereocenters. The fraction of sp³-hybridized carbons (Fsp3) is 0.538. The molecule has 1 fully saturated rings. The lowest BCUT2D eigenvalue weighted by Crippen LogP contribution is -2.42. The van der Waals surface area contributed by atoms with Gasteiger partial charge in [0.05, 0.1) is 12.5 Å². The Labute approximate surface area is 207 Å². The molecule has 0 bridgehead atoms. The van der Waals surface area contributed by atoms with Gasteiger partial charge in [-0.3, -0.25) is 9.59 Å². The Bertz CT molecular complexity index is 984. The number of carbonyl (C=O) groups excluding carboxylic acids is 2. The fourth-order valence-corrected chi connectivity index (χ4v) is 4.90. The molecule has 1 aliphatic rings. The van der Waals surface area contributed by atoms with Crippen molar-refractivity contribution in [2.75, 3.05) is 38.2 Å². The van der Waals surface area contributed by atoms with E-state index in [9.17, 15) is 9.59 Å². The zero-order valence-corrected chi connectivity index (χ0v) is 21.6. The fourth-order valence-electron chi connectivity index (χ4n) is 4.09. The van der Waals surface area contributed by atoms with Gasteiger partial charge in [0.15, 0.2) is 5.16 Å². The minimum absolute atomic E-state index is 0.0337. The van der Waals surface area contributed by atoms with Crippen molar-refractivity contribution in [2.24, 2.45) is 5.92 Å². The maximum Gasteiger partial charge on any atom is 0.310 e. The molecule has 34 heavy (non-hydrogen) atoms. The number of rotatable bonds is 10. The lowest BCUT2D eigenvalue weighted by atomic mass is 9.97. The summed E-state index contributed by atoms with van der Waals surface area (Å²) in [5, 5.41) is 0.752. The van der Waals surface area contributed by atoms with E-state index in [0.717, 1.165) is 54.5 Å². The number of hydrogen-bond donors (Lipinski definition) is 0. The van der Waals surface area contributed by atoms with E-state index in [1.54, 1.807) is 23.6 Å². The molecule has 0 N–H and O–H groups in total. The van der Waals surface area contributed by atoms with Crippen LogP contribution in [0.2, 0.25) is 0 Å². The Morgan fingerprint density at radius 3 is 2.76 bits per heavy atom. The standard InChI is InChI=1S/C26H36N4O3S/c1-5-13-29(4)23-16-22(6-2)27-26(28-23)34-18-19-10-8-11-20(15-19)24(31)30-14-9-12-21(17-30)25(32)33-7-3/h8,10-11,15-16,21H,5-7,9,12-14,17-18H2,1-4H3/t21-/m1/s1. The van der Waals surface area contributed by atoms with Crippen LogP contribution >= 0.6 is 11.8 Å². The number of carbonyl (C=O) groups is 2. The van der Waals surface area contributed by atoms with Gasteiger partial charge in [0.1, 0.15) is 5.82 Å². The SMILES string of the molecule is CCCN(C)c1cc(CC)nc(SCc2cccc(C(=O)N3CCC[C@@H](C(=O)OCC)C3)c2)n1. The summed E-state index contributed by atoms with van der Waals surface area (Å²) in [6, 6.07) is 9.78. The Kier molecular flexibility index (Phi) is 9.74. The summed E-state index contributed by atoms with van der Waals surface area (Å²) in [6.07, 6.45) is 3.49. The van der Waals surface area contributed by atoms with Crippen LogP contribution in [0.4, 0.5) is 5.82 Å². The van der Waals surface area contributed by atoms with Crippen molar-refractivity contribution in [1.29, 1.82) is 0 Å². The molecule has 2 aromatic rings. The molecular formula is C26H36N4O3S. The van der Waals surface area contributed by atoms with Crippen LogP contribution in [0.3, 0.4) is 0 Å². The predicted octanol–water partition coefficient (Wildman–Crippen LogP) is 4.59. The topological polar surface area (TPSA) is 75.6 Å². The lowest BCUT2D eigenvalue weighted by Gasteiger charge is -2.31. The molecule has 1 aromatic heterocycles.